The van der Waals surface area contributed by atoms with Crippen LogP contribution in [0.15, 0.2) is 36.7 Å². The standard InChI is InChI=1S/C21H24FN7O5/c1-14(30)25-12-16-13-28(21(32)34-16)15-3-4-18(17(22)11-15)27-7-8-29(33-10-9-27)20(31)26-19-23-5-2-6-24-19/h2-6,11,16H,7-10,12-13H2,1H3,(H,25,30)(H,23,24,26,31)/t16-/m0/s1. The van der Waals surface area contributed by atoms with E-state index in [0.717, 1.165) is 5.06 Å². The molecule has 2 N–H and O–H groups in total. The normalized spacial score (nSPS) is 18.4. The van der Waals surface area contributed by atoms with Gasteiger partial charge >= 0.3 is 12.1 Å². The molecule has 0 radical (unpaired) electrons. The van der Waals surface area contributed by atoms with Crippen LogP contribution in [-0.4, -0.2) is 78.5 Å². The van der Waals surface area contributed by atoms with Gasteiger partial charge in [0.25, 0.3) is 0 Å². The van der Waals surface area contributed by atoms with E-state index in [1.165, 1.54) is 30.3 Å². The van der Waals surface area contributed by atoms with Crippen molar-refractivity contribution in [2.75, 3.05) is 54.4 Å². The Labute approximate surface area is 194 Å². The van der Waals surface area contributed by atoms with Crippen LogP contribution in [0.25, 0.3) is 0 Å². The van der Waals surface area contributed by atoms with Crippen molar-refractivity contribution in [3.05, 3.63) is 42.5 Å². The molecule has 2 saturated heterocycles. The molecule has 3 heterocycles. The third kappa shape index (κ3) is 5.49. The van der Waals surface area contributed by atoms with Crippen molar-refractivity contribution >= 4 is 35.4 Å². The van der Waals surface area contributed by atoms with Gasteiger partial charge in [-0.1, -0.05) is 0 Å². The maximum absolute atomic E-state index is 15.0. The Bertz CT molecular complexity index is 1060. The number of aromatic nitrogens is 2. The van der Waals surface area contributed by atoms with Gasteiger partial charge in [0.2, 0.25) is 11.9 Å². The second kappa shape index (κ2) is 10.3. The summed E-state index contributed by atoms with van der Waals surface area (Å²) in [5, 5.41) is 6.29. The van der Waals surface area contributed by atoms with Crippen LogP contribution < -0.4 is 20.4 Å². The topological polar surface area (TPSA) is 129 Å². The third-order valence-corrected chi connectivity index (χ3v) is 5.23. The summed E-state index contributed by atoms with van der Waals surface area (Å²) < 4.78 is 20.2. The lowest BCUT2D eigenvalue weighted by atomic mass is 10.2. The van der Waals surface area contributed by atoms with Crippen LogP contribution in [-0.2, 0) is 14.4 Å². The highest BCUT2D eigenvalue weighted by atomic mass is 19.1. The smallest absolute Gasteiger partial charge is 0.414 e. The fourth-order valence-corrected chi connectivity index (χ4v) is 3.59. The summed E-state index contributed by atoms with van der Waals surface area (Å²) in [7, 11) is 0. The van der Waals surface area contributed by atoms with Crippen molar-refractivity contribution in [1.29, 1.82) is 0 Å². The quantitative estimate of drug-likeness (QED) is 0.666. The van der Waals surface area contributed by atoms with Gasteiger partial charge in [-0.2, -0.15) is 0 Å². The number of ether oxygens (including phenoxy) is 1. The van der Waals surface area contributed by atoms with Crippen LogP contribution >= 0.6 is 0 Å². The first-order valence-corrected chi connectivity index (χ1v) is 10.7. The predicted octanol–water partition coefficient (Wildman–Crippen LogP) is 1.36. The summed E-state index contributed by atoms with van der Waals surface area (Å²) in [6.07, 6.45) is 1.89. The SMILES string of the molecule is CC(=O)NC[C@H]1CN(c2ccc(N3CCON(C(=O)Nc4ncccn4)CC3)c(F)c2)C(=O)O1. The molecule has 0 unspecified atom stereocenters. The minimum Gasteiger partial charge on any atom is -0.442 e. The Kier molecular flexibility index (Phi) is 7.01. The number of carbonyl (C=O) groups excluding carboxylic acids is 3. The van der Waals surface area contributed by atoms with Gasteiger partial charge in [-0.25, -0.2) is 29.0 Å². The van der Waals surface area contributed by atoms with Gasteiger partial charge in [0.15, 0.2) is 0 Å². The van der Waals surface area contributed by atoms with Gasteiger partial charge in [0.1, 0.15) is 11.9 Å². The van der Waals surface area contributed by atoms with Gasteiger partial charge in [0.05, 0.1) is 37.6 Å². The summed E-state index contributed by atoms with van der Waals surface area (Å²) in [5.41, 5.74) is 0.676. The Morgan fingerprint density at radius 1 is 1.21 bits per heavy atom. The number of nitrogens with zero attached hydrogens (tertiary/aromatic N) is 5. The van der Waals surface area contributed by atoms with Gasteiger partial charge < -0.3 is 15.0 Å². The number of rotatable bonds is 5. The van der Waals surface area contributed by atoms with Crippen molar-refractivity contribution in [1.82, 2.24) is 20.3 Å². The Morgan fingerprint density at radius 3 is 2.74 bits per heavy atom. The molecule has 2 aliphatic rings. The zero-order valence-corrected chi connectivity index (χ0v) is 18.4. The van der Waals surface area contributed by atoms with Crippen LogP contribution in [0.1, 0.15) is 6.92 Å². The molecule has 0 aliphatic carbocycles. The van der Waals surface area contributed by atoms with E-state index >= 15 is 4.39 Å². The largest absolute Gasteiger partial charge is 0.442 e. The van der Waals surface area contributed by atoms with Gasteiger partial charge in [0, 0.05) is 32.4 Å². The predicted molar refractivity (Wildman–Crippen MR) is 119 cm³/mol. The molecule has 13 heteroatoms. The molecule has 180 valence electrons. The number of hydrogen-bond acceptors (Lipinski definition) is 8. The van der Waals surface area contributed by atoms with Gasteiger partial charge in [-0.3, -0.25) is 19.8 Å². The van der Waals surface area contributed by atoms with Crippen molar-refractivity contribution in [3.8, 4) is 0 Å². The molecule has 0 saturated carbocycles. The van der Waals surface area contributed by atoms with E-state index in [9.17, 15) is 14.4 Å². The number of nitrogens with one attached hydrogen (secondary N) is 2. The molecule has 12 nitrogen and oxygen atoms in total. The number of urea groups is 1. The third-order valence-electron chi connectivity index (χ3n) is 5.23. The maximum atomic E-state index is 15.0. The van der Waals surface area contributed by atoms with E-state index in [4.69, 9.17) is 9.57 Å². The van der Waals surface area contributed by atoms with E-state index in [1.807, 2.05) is 0 Å². The first-order valence-electron chi connectivity index (χ1n) is 10.7. The Morgan fingerprint density at radius 2 is 2.00 bits per heavy atom. The van der Waals surface area contributed by atoms with Crippen LogP contribution in [0.2, 0.25) is 0 Å². The van der Waals surface area contributed by atoms with E-state index in [2.05, 4.69) is 20.6 Å². The number of cyclic esters (lactones) is 1. The van der Waals surface area contributed by atoms with Gasteiger partial charge in [-0.15, -0.1) is 0 Å². The molecule has 1 atom stereocenters. The lowest BCUT2D eigenvalue weighted by molar-refractivity contribution is -0.119. The first kappa shape index (κ1) is 23.2. The molecule has 1 aromatic carbocycles. The lowest BCUT2D eigenvalue weighted by Crippen LogP contribution is -2.37. The van der Waals surface area contributed by atoms with E-state index < -0.39 is 24.0 Å². The molecule has 4 amide bonds. The molecule has 0 spiro atoms. The fourth-order valence-electron chi connectivity index (χ4n) is 3.59. The van der Waals surface area contributed by atoms with Crippen LogP contribution in [0.3, 0.4) is 0 Å². The molecule has 34 heavy (non-hydrogen) atoms. The van der Waals surface area contributed by atoms with E-state index in [-0.39, 0.29) is 38.1 Å². The second-order valence-corrected chi connectivity index (χ2v) is 7.61. The Balaban J connectivity index is 1.37. The zero-order chi connectivity index (χ0) is 24.1. The number of carbonyl (C=O) groups is 3. The molecule has 2 aromatic rings. The van der Waals surface area contributed by atoms with Gasteiger partial charge in [-0.05, 0) is 24.3 Å². The first-order chi connectivity index (χ1) is 16.4. The number of halogens is 1. The highest BCUT2D eigenvalue weighted by Gasteiger charge is 2.33. The van der Waals surface area contributed by atoms with E-state index in [0.29, 0.717) is 24.5 Å². The summed E-state index contributed by atoms with van der Waals surface area (Å²) in [5.74, 6) is -0.597. The van der Waals surface area contributed by atoms with Crippen molar-refractivity contribution in [2.45, 2.75) is 13.0 Å². The molecule has 2 fully saturated rings. The minimum atomic E-state index is -0.602. The number of benzene rings is 1. The summed E-state index contributed by atoms with van der Waals surface area (Å²) in [4.78, 5) is 52.1. The maximum Gasteiger partial charge on any atom is 0.414 e. The van der Waals surface area contributed by atoms with Crippen molar-refractivity contribution in [3.63, 3.8) is 0 Å². The highest BCUT2D eigenvalue weighted by molar-refractivity contribution is 5.90. The van der Waals surface area contributed by atoms with Crippen molar-refractivity contribution < 1.29 is 28.3 Å². The lowest BCUT2D eigenvalue weighted by Gasteiger charge is -2.24. The van der Waals surface area contributed by atoms with Crippen molar-refractivity contribution in [2.24, 2.45) is 0 Å². The average Bonchev–Trinajstić information content (AvgIpc) is 3.02. The number of hydroxylamine groups is 2. The molecular weight excluding hydrogens is 449 g/mol. The van der Waals surface area contributed by atoms with Crippen LogP contribution in [0.5, 0.6) is 0 Å². The second-order valence-electron chi connectivity index (χ2n) is 7.61. The summed E-state index contributed by atoms with van der Waals surface area (Å²) in [6.45, 7) is 2.78. The highest BCUT2D eigenvalue weighted by Crippen LogP contribution is 2.28. The average molecular weight is 473 g/mol. The minimum absolute atomic E-state index is 0.151. The van der Waals surface area contributed by atoms with Crippen LogP contribution in [0, 0.1) is 5.82 Å². The molecule has 1 aromatic heterocycles. The molecule has 2 aliphatic heterocycles. The van der Waals surface area contributed by atoms with E-state index in [1.54, 1.807) is 23.1 Å². The molecule has 4 rings (SSSR count). The molecule has 0 bridgehead atoms. The number of amides is 4. The summed E-state index contributed by atoms with van der Waals surface area (Å²) in [6, 6.07) is 5.58. The molecular formula is C21H24FN7O5. The fraction of sp³-hybridized carbons (Fsp3) is 0.381. The Hall–Kier alpha value is -4.00. The summed E-state index contributed by atoms with van der Waals surface area (Å²) >= 11 is 0. The number of anilines is 3. The van der Waals surface area contributed by atoms with Crippen LogP contribution in [0.4, 0.5) is 31.3 Å². The number of hydrogen-bond donors (Lipinski definition) is 2. The zero-order valence-electron chi connectivity index (χ0n) is 18.4. The monoisotopic (exact) mass is 473 g/mol.